The number of esters is 3. The van der Waals surface area contributed by atoms with E-state index in [-0.39, 0.29) is 115 Å². The number of carbonyl (C=O) groups is 7. The van der Waals surface area contributed by atoms with E-state index in [9.17, 15) is 92.2 Å². The number of aliphatic imine (C=N–C) groups is 4. The van der Waals surface area contributed by atoms with Gasteiger partial charge in [0.25, 0.3) is 0 Å². The molecule has 9 aromatic rings. The standard InChI is InChI=1S/C20H22FN3O2S.2C16H13FN4S.C16H14FN3O2S.C8H14O3.C7H10F2O2.C7H5FO.C4H9I.C3H7.C2HF3O.CH3FS.5CH4.2HI.V/c1-12-15(18(25)26-19(2,3)4)20(5,13-6-8-14(21)9-7-13)24-16(23-12)17-22-10-11-27-17;2*1-10-13(9-18)16(2,11-3-5-12(17)6-4-11)21-14(20-10)15-19-7-8-22-15;1-9-12(15(21)22)16(2,10-3-5-11(17)6-4-10)20-13(19-9)14-18-7-8-23-14;1-6(9)5-7(10)11-8(2,3)4;1-11-6(10)5-2-3-7(8,9)4-5;8-7-3-1-6(5-9)2-4-7;1-3-4(2)5;1-3-2;3-2(4,5)1-6;1-3-2;;;;;;;;/h6-11H,1-5H3,(H,23,24);2*3-8H,1-2H3,(H,20,21);3-8H,1-2H3,(H,19,20)(H,21,22);5H2,1-4H3;5H,2-4H2,1H3;1-5H;4H,3H2,1-2H3;1,3H2,2H3;1H;1H3;5*1H4;2*1H;/q;;;;;;;;-1;;;;;;;;;;+2/p-2/t;16-;;;;5-;;;;;;;;;;;;;/m.0...0............./s1. The zero-order valence-corrected chi connectivity index (χ0v) is 94.7. The molecular formula is C105H131F11I3N14O11S5V-. The van der Waals surface area contributed by atoms with Crippen LogP contribution in [0.1, 0.15) is 253 Å². The second kappa shape index (κ2) is 68.7. The van der Waals surface area contributed by atoms with Crippen LogP contribution in [0.5, 0.6) is 0 Å². The molecule has 5 N–H and O–H groups in total. The summed E-state index contributed by atoms with van der Waals surface area (Å²) < 4.78 is 147. The number of nitriles is 2. The molecule has 0 spiro atoms. The summed E-state index contributed by atoms with van der Waals surface area (Å²) in [7, 11) is 1.85. The van der Waals surface area contributed by atoms with E-state index in [1.807, 2.05) is 90.8 Å². The summed E-state index contributed by atoms with van der Waals surface area (Å²) in [5, 5.41) is 51.4. The summed E-state index contributed by atoms with van der Waals surface area (Å²) in [6, 6.07) is 33.7. The van der Waals surface area contributed by atoms with Crippen molar-refractivity contribution < 1.29 is 110 Å². The van der Waals surface area contributed by atoms with Crippen molar-refractivity contribution in [3.8, 4) is 12.1 Å². The predicted molar refractivity (Wildman–Crippen MR) is 603 cm³/mol. The number of aliphatic carboxylic acids is 1. The summed E-state index contributed by atoms with van der Waals surface area (Å²) in [6.45, 7) is 36.4. The summed E-state index contributed by atoms with van der Waals surface area (Å²) in [5.41, 5.74) is 2.43. The van der Waals surface area contributed by atoms with E-state index in [0.29, 0.717) is 93.9 Å². The van der Waals surface area contributed by atoms with Crippen LogP contribution >= 0.6 is 120 Å². The van der Waals surface area contributed by atoms with Crippen LogP contribution in [0.2, 0.25) is 0 Å². The van der Waals surface area contributed by atoms with Gasteiger partial charge in [0.1, 0.15) is 80.9 Å². The number of benzene rings is 5. The van der Waals surface area contributed by atoms with E-state index in [0.717, 1.165) is 42.9 Å². The van der Waals surface area contributed by atoms with Gasteiger partial charge in [0.05, 0.1) is 47.5 Å². The number of alkyl halides is 6. The molecule has 0 saturated heterocycles. The number of methoxy groups -OCH3 is 1. The van der Waals surface area contributed by atoms with Gasteiger partial charge >= 0.3 is 79.5 Å². The molecule has 5 aromatic carbocycles. The fourth-order valence-electron chi connectivity index (χ4n) is 13.2. The van der Waals surface area contributed by atoms with Gasteiger partial charge in [0.2, 0.25) is 12.2 Å². The van der Waals surface area contributed by atoms with Gasteiger partial charge in [-0.25, -0.2) is 80.2 Å². The number of ketones is 1. The Morgan fingerprint density at radius 2 is 0.820 bits per heavy atom. The van der Waals surface area contributed by atoms with Crippen molar-refractivity contribution in [3.05, 3.63) is 297 Å². The summed E-state index contributed by atoms with van der Waals surface area (Å²) in [5.74, 6) is -5.25. The van der Waals surface area contributed by atoms with Gasteiger partial charge in [-0.15, -0.1) is 45.3 Å². The number of nitrogens with zero attached hydrogens (tertiary/aromatic N) is 10. The number of carboxylic acids is 1. The van der Waals surface area contributed by atoms with Gasteiger partial charge in [-0.2, -0.15) is 34.0 Å². The SMILES string of the molecule is C.C.C.C.C.CC(=O)CC(=O)OC(C)(C)C.CC1=C(C#N)C(C)(c2ccc(F)cc2)N=C(c2nccs2)N1.CC1=C(C#N)[C@](C)(c2ccc(F)cc2)N=C(c2nccs2)N1.CC1=C(C(=O)O)C(C)(c2ccc(F)cc2)N=C(c2nccs2)N1.CC1=C(C(=O)OC(C)(C)C)C(C)(c2ccc(F)cc2)N=C(c2nccs2)N1.CCC(C)I.COC(=O)[C@H]1CCC(F)(F)C1.CSF.O=CC(F)(F)F.O=Cc1ccc(F)cc1.[CH2-]CC.[I][V][I]. The Morgan fingerprint density at radius 1 is 0.553 bits per heavy atom. The van der Waals surface area contributed by atoms with E-state index < -0.39 is 81.5 Å². The second-order valence-electron chi connectivity index (χ2n) is 33.6. The number of carboxylic acid groups (broad SMARTS) is 1. The van der Waals surface area contributed by atoms with Crippen molar-refractivity contribution in [2.24, 2.45) is 25.9 Å². The summed E-state index contributed by atoms with van der Waals surface area (Å²) in [6.07, 6.45) is 5.00. The molecule has 0 amide bonds. The molecule has 4 unspecified atom stereocenters. The number of halogens is 14. The van der Waals surface area contributed by atoms with Crippen molar-refractivity contribution in [2.75, 3.05) is 13.4 Å². The molecule has 1 fully saturated rings. The van der Waals surface area contributed by atoms with Crippen LogP contribution in [-0.2, 0) is 74.6 Å². The molecule has 821 valence electrons. The molecule has 0 bridgehead atoms. The number of ether oxygens (including phenoxy) is 3. The minimum atomic E-state index is -4.64. The monoisotopic (exact) mass is 2560 g/mol. The van der Waals surface area contributed by atoms with Gasteiger partial charge in [-0.05, 0) is 212 Å². The quantitative estimate of drug-likeness (QED) is 0.00930. The normalized spacial score (nSPS) is 17.7. The van der Waals surface area contributed by atoms with Crippen LogP contribution in [0, 0.1) is 64.6 Å². The van der Waals surface area contributed by atoms with Crippen LogP contribution < -0.4 is 21.3 Å². The molecule has 0 radical (unpaired) electrons. The average Bonchev–Trinajstić information content (AvgIpc) is 0.916. The van der Waals surface area contributed by atoms with Crippen molar-refractivity contribution in [2.45, 2.75) is 250 Å². The molecule has 25 nitrogen and oxygen atoms in total. The van der Waals surface area contributed by atoms with Crippen molar-refractivity contribution in [1.82, 2.24) is 41.2 Å². The molecule has 8 heterocycles. The zero-order chi connectivity index (χ0) is 110. The zero-order valence-electron chi connectivity index (χ0n) is 82.7. The fourth-order valence-corrected chi connectivity index (χ4v) is 15.5. The number of Topliss-reactive ketones (excluding diaryl/α,β-unsaturated/α-hetero) is 1. The van der Waals surface area contributed by atoms with Crippen LogP contribution in [0.4, 0.5) is 47.8 Å². The Bertz CT molecular complexity index is 5920. The van der Waals surface area contributed by atoms with E-state index in [1.165, 1.54) is 145 Å². The van der Waals surface area contributed by atoms with E-state index in [1.54, 1.807) is 108 Å². The Kier molecular flexibility index (Phi) is 65.8. The van der Waals surface area contributed by atoms with E-state index in [4.69, 9.17) is 29.2 Å². The number of hydrogen-bond acceptors (Lipinski definition) is 29. The van der Waals surface area contributed by atoms with Crippen LogP contribution in [0.25, 0.3) is 0 Å². The maximum absolute atomic E-state index is 13.5. The molecular weight excluding hydrogens is 2430 g/mol. The third kappa shape index (κ3) is 47.1. The number of amidine groups is 4. The Balaban J connectivity index is -0.00000165. The Hall–Kier alpha value is -10.3. The van der Waals surface area contributed by atoms with Gasteiger partial charge in [0, 0.05) is 110 Å². The predicted octanol–water partition coefficient (Wildman–Crippen LogP) is 28.7. The third-order valence-electron chi connectivity index (χ3n) is 19.7. The molecule has 4 aromatic heterocycles. The van der Waals surface area contributed by atoms with E-state index >= 15 is 0 Å². The van der Waals surface area contributed by atoms with Gasteiger partial charge in [-0.1, -0.05) is 129 Å². The molecule has 14 rings (SSSR count). The molecule has 45 heteroatoms. The van der Waals surface area contributed by atoms with E-state index in [2.05, 4.69) is 146 Å². The van der Waals surface area contributed by atoms with Crippen LogP contribution in [-0.4, -0.2) is 131 Å². The number of hydrogen-bond donors (Lipinski definition) is 5. The number of thiazole rings is 4. The first-order valence-corrected chi connectivity index (χ1v) is 58.4. The van der Waals surface area contributed by atoms with Crippen molar-refractivity contribution in [1.29, 1.82) is 10.5 Å². The number of carbonyl (C=O) groups excluding carboxylic acids is 6. The van der Waals surface area contributed by atoms with Gasteiger partial charge < -0.3 is 47.5 Å². The number of rotatable bonds is 15. The number of allylic oxidation sites excluding steroid dienone is 4. The van der Waals surface area contributed by atoms with Gasteiger partial charge in [0.15, 0.2) is 43.4 Å². The molecule has 1 saturated carbocycles. The first-order chi connectivity index (χ1) is 67.9. The summed E-state index contributed by atoms with van der Waals surface area (Å²) >= 11 is 13.2. The average molecular weight is 2570 g/mol. The topological polar surface area (TPSA) is 364 Å². The molecule has 5 aliphatic rings. The maximum atomic E-state index is 13.5. The minimum absolute atomic E-state index is 0. The van der Waals surface area contributed by atoms with Gasteiger partial charge in [-0.3, -0.25) is 24.0 Å². The fraction of sp³-hybridized carbons (Fsp3) is 0.390. The first kappa shape index (κ1) is 144. The molecule has 150 heavy (non-hydrogen) atoms. The van der Waals surface area contributed by atoms with Crippen molar-refractivity contribution in [3.63, 3.8) is 0 Å². The Labute approximate surface area is 936 Å². The molecule has 4 aliphatic heterocycles. The third-order valence-corrected chi connectivity index (χ3v) is 23.7. The number of aromatic nitrogens is 4. The van der Waals surface area contributed by atoms with Crippen LogP contribution in [0.15, 0.2) is 233 Å². The summed E-state index contributed by atoms with van der Waals surface area (Å²) in [4.78, 5) is 111. The molecule has 6 atom stereocenters. The van der Waals surface area contributed by atoms with Crippen LogP contribution in [0.3, 0.4) is 0 Å². The molecule has 1 aliphatic carbocycles. The number of nitrogens with one attached hydrogen (secondary N) is 4. The first-order valence-electron chi connectivity index (χ1n) is 43.5. The number of aldehydes is 2. The Morgan fingerprint density at radius 3 is 1.05 bits per heavy atom. The van der Waals surface area contributed by atoms with Crippen molar-refractivity contribution >= 4 is 186 Å². The second-order valence-corrected chi connectivity index (χ2v) is 51.4.